The van der Waals surface area contributed by atoms with Gasteiger partial charge in [-0.2, -0.15) is 0 Å². The maximum Gasteiger partial charge on any atom is 0.241 e. The molecule has 7 nitrogen and oxygen atoms in total. The molecule has 2 N–H and O–H groups in total. The van der Waals surface area contributed by atoms with Crippen LogP contribution in [0.3, 0.4) is 0 Å². The first kappa shape index (κ1) is 27.1. The lowest BCUT2D eigenvalue weighted by Gasteiger charge is -2.32. The zero-order valence-electron chi connectivity index (χ0n) is 20.1. The van der Waals surface area contributed by atoms with Gasteiger partial charge in [-0.05, 0) is 44.1 Å². The van der Waals surface area contributed by atoms with Crippen molar-refractivity contribution in [2.45, 2.75) is 59.4 Å². The van der Waals surface area contributed by atoms with E-state index < -0.39 is 0 Å². The highest BCUT2D eigenvalue weighted by molar-refractivity contribution is 14.0. The van der Waals surface area contributed by atoms with Crippen LogP contribution in [-0.2, 0) is 30.6 Å². The summed E-state index contributed by atoms with van der Waals surface area (Å²) in [6.07, 6.45) is 4.82. The fourth-order valence-corrected chi connectivity index (χ4v) is 4.22. The molecule has 0 spiro atoms. The summed E-state index contributed by atoms with van der Waals surface area (Å²) in [5.74, 6) is 2.31. The maximum absolute atomic E-state index is 12.8. The van der Waals surface area contributed by atoms with Crippen LogP contribution in [0.5, 0.6) is 0 Å². The number of benzene rings is 1. The number of halogens is 1. The van der Waals surface area contributed by atoms with Gasteiger partial charge in [0.15, 0.2) is 5.96 Å². The van der Waals surface area contributed by atoms with Crippen LogP contribution in [0.4, 0.5) is 0 Å². The molecule has 1 aliphatic rings. The van der Waals surface area contributed by atoms with Gasteiger partial charge in [-0.15, -0.1) is 24.0 Å². The van der Waals surface area contributed by atoms with E-state index in [0.717, 1.165) is 68.8 Å². The molecule has 0 saturated carbocycles. The normalized spacial score (nSPS) is 14.6. The van der Waals surface area contributed by atoms with Crippen molar-refractivity contribution in [1.82, 2.24) is 20.7 Å². The Kier molecular flexibility index (Phi) is 11.7. The van der Waals surface area contributed by atoms with E-state index in [1.54, 1.807) is 0 Å². The van der Waals surface area contributed by atoms with Gasteiger partial charge >= 0.3 is 0 Å². The minimum Gasteiger partial charge on any atom is -0.361 e. The van der Waals surface area contributed by atoms with Crippen LogP contribution in [0.25, 0.3) is 0 Å². The monoisotopic (exact) mass is 567 g/mol. The van der Waals surface area contributed by atoms with Crippen molar-refractivity contribution in [3.8, 4) is 0 Å². The molecule has 1 saturated heterocycles. The zero-order chi connectivity index (χ0) is 22.8. The van der Waals surface area contributed by atoms with Gasteiger partial charge < -0.3 is 20.1 Å². The van der Waals surface area contributed by atoms with Gasteiger partial charge in [0.05, 0.1) is 18.8 Å². The minimum atomic E-state index is 0. The smallest absolute Gasteiger partial charge is 0.241 e. The van der Waals surface area contributed by atoms with E-state index in [9.17, 15) is 4.79 Å². The van der Waals surface area contributed by atoms with Gasteiger partial charge in [0.25, 0.3) is 0 Å². The Morgan fingerprint density at radius 1 is 1.12 bits per heavy atom. The Bertz CT molecular complexity index is 855. The summed E-state index contributed by atoms with van der Waals surface area (Å²) in [5, 5.41) is 10.6. The van der Waals surface area contributed by atoms with Gasteiger partial charge in [0.2, 0.25) is 5.91 Å². The molecule has 0 bridgehead atoms. The average Bonchev–Trinajstić information content (AvgIpc) is 3.23. The van der Waals surface area contributed by atoms with E-state index in [4.69, 9.17) is 4.52 Å². The van der Waals surface area contributed by atoms with E-state index >= 15 is 0 Å². The molecule has 3 rings (SSSR count). The topological polar surface area (TPSA) is 82.8 Å². The number of amides is 1. The van der Waals surface area contributed by atoms with Crippen molar-refractivity contribution in [2.24, 2.45) is 10.9 Å². The number of piperidine rings is 1. The van der Waals surface area contributed by atoms with Crippen LogP contribution < -0.4 is 10.6 Å². The molecule has 33 heavy (non-hydrogen) atoms. The number of likely N-dealkylation sites (tertiary alicyclic amines) is 1. The molecule has 1 fully saturated rings. The predicted molar refractivity (Wildman–Crippen MR) is 143 cm³/mol. The number of aryl methyl sites for hydroxylation is 2. The number of hydrogen-bond donors (Lipinski definition) is 2. The number of nitrogens with one attached hydrogen (secondary N) is 2. The molecule has 2 aromatic rings. The van der Waals surface area contributed by atoms with Crippen LogP contribution in [0.1, 0.15) is 56.2 Å². The highest BCUT2D eigenvalue weighted by atomic mass is 127. The van der Waals surface area contributed by atoms with Crippen LogP contribution in [0, 0.1) is 5.92 Å². The lowest BCUT2D eigenvalue weighted by atomic mass is 9.90. The molecule has 1 aromatic heterocycles. The van der Waals surface area contributed by atoms with Crippen molar-refractivity contribution in [1.29, 1.82) is 0 Å². The SMILES string of the molecule is CCNC(=NCc1c(CC)noc1CC)NCC(=O)N1CCC(Cc2ccccc2)CC1.I. The summed E-state index contributed by atoms with van der Waals surface area (Å²) in [5.41, 5.74) is 3.39. The summed E-state index contributed by atoms with van der Waals surface area (Å²) in [6.45, 7) is 9.26. The second kappa shape index (κ2) is 14.2. The lowest BCUT2D eigenvalue weighted by Crippen LogP contribution is -2.47. The van der Waals surface area contributed by atoms with E-state index in [1.807, 2.05) is 11.8 Å². The van der Waals surface area contributed by atoms with Gasteiger partial charge in [0, 0.05) is 31.6 Å². The molecule has 0 radical (unpaired) electrons. The number of hydrogen-bond acceptors (Lipinski definition) is 4. The van der Waals surface area contributed by atoms with Crippen LogP contribution in [0.15, 0.2) is 39.8 Å². The van der Waals surface area contributed by atoms with Gasteiger partial charge in [-0.1, -0.05) is 49.3 Å². The molecule has 0 unspecified atom stereocenters. The minimum absolute atomic E-state index is 0. The Labute approximate surface area is 214 Å². The number of carbonyl (C=O) groups is 1. The van der Waals surface area contributed by atoms with E-state index in [1.165, 1.54) is 5.56 Å². The number of carbonyl (C=O) groups excluding carboxylic acids is 1. The quantitative estimate of drug-likeness (QED) is 0.273. The third-order valence-corrected chi connectivity index (χ3v) is 6.09. The lowest BCUT2D eigenvalue weighted by molar-refractivity contribution is -0.131. The Morgan fingerprint density at radius 3 is 2.48 bits per heavy atom. The Morgan fingerprint density at radius 2 is 1.85 bits per heavy atom. The Hall–Kier alpha value is -2.10. The number of rotatable bonds is 9. The molecule has 1 amide bonds. The third-order valence-electron chi connectivity index (χ3n) is 6.09. The molecule has 1 aromatic carbocycles. The van der Waals surface area contributed by atoms with Gasteiger partial charge in [0.1, 0.15) is 5.76 Å². The number of aromatic nitrogens is 1. The molecule has 8 heteroatoms. The van der Waals surface area contributed by atoms with Crippen LogP contribution in [0.2, 0.25) is 0 Å². The van der Waals surface area contributed by atoms with Crippen molar-refractivity contribution in [2.75, 3.05) is 26.2 Å². The number of guanidine groups is 1. The van der Waals surface area contributed by atoms with Gasteiger partial charge in [-0.25, -0.2) is 4.99 Å². The number of aliphatic imine (C=N–C) groups is 1. The van der Waals surface area contributed by atoms with Crippen LogP contribution >= 0.6 is 24.0 Å². The molecule has 0 aliphatic carbocycles. The molecule has 0 atom stereocenters. The van der Waals surface area contributed by atoms with Crippen LogP contribution in [-0.4, -0.2) is 48.1 Å². The molecule has 182 valence electrons. The highest BCUT2D eigenvalue weighted by Gasteiger charge is 2.23. The highest BCUT2D eigenvalue weighted by Crippen LogP contribution is 2.21. The Balaban J connectivity index is 0.00000385. The van der Waals surface area contributed by atoms with E-state index in [-0.39, 0.29) is 36.4 Å². The first-order valence-corrected chi connectivity index (χ1v) is 11.9. The number of nitrogens with zero attached hydrogens (tertiary/aromatic N) is 3. The first-order chi connectivity index (χ1) is 15.6. The van der Waals surface area contributed by atoms with Gasteiger partial charge in [-0.3, -0.25) is 4.79 Å². The zero-order valence-corrected chi connectivity index (χ0v) is 22.4. The largest absolute Gasteiger partial charge is 0.361 e. The van der Waals surface area contributed by atoms with E-state index in [2.05, 4.69) is 65.0 Å². The summed E-state index contributed by atoms with van der Waals surface area (Å²) < 4.78 is 5.43. The second-order valence-electron chi connectivity index (χ2n) is 8.30. The first-order valence-electron chi connectivity index (χ1n) is 11.9. The standard InChI is InChI=1S/C25H37N5O2.HI/c1-4-22-21(23(5-2)32-29-22)17-27-25(26-6-3)28-18-24(31)30-14-12-20(13-15-30)16-19-10-8-7-9-11-19;/h7-11,20H,4-6,12-18H2,1-3H3,(H2,26,27,28);1H. The molecular formula is C25H38IN5O2. The average molecular weight is 568 g/mol. The fraction of sp³-hybridized carbons (Fsp3) is 0.560. The van der Waals surface area contributed by atoms with Crippen molar-refractivity contribution in [3.05, 3.63) is 52.9 Å². The third kappa shape index (κ3) is 8.01. The van der Waals surface area contributed by atoms with E-state index in [0.29, 0.717) is 18.4 Å². The molecule has 1 aliphatic heterocycles. The van der Waals surface area contributed by atoms with Crippen molar-refractivity contribution >= 4 is 35.8 Å². The summed E-state index contributed by atoms with van der Waals surface area (Å²) >= 11 is 0. The predicted octanol–water partition coefficient (Wildman–Crippen LogP) is 3.95. The summed E-state index contributed by atoms with van der Waals surface area (Å²) in [7, 11) is 0. The summed E-state index contributed by atoms with van der Waals surface area (Å²) in [6, 6.07) is 10.6. The van der Waals surface area contributed by atoms with Crippen molar-refractivity contribution < 1.29 is 9.32 Å². The molecular weight excluding hydrogens is 529 g/mol. The fourth-order valence-electron chi connectivity index (χ4n) is 4.22. The van der Waals surface area contributed by atoms with Crippen molar-refractivity contribution in [3.63, 3.8) is 0 Å². The second-order valence-corrected chi connectivity index (χ2v) is 8.30. The maximum atomic E-state index is 12.8. The molecule has 2 heterocycles. The summed E-state index contributed by atoms with van der Waals surface area (Å²) in [4.78, 5) is 19.4.